The zero-order valence-corrected chi connectivity index (χ0v) is 10.7. The van der Waals surface area contributed by atoms with Crippen LogP contribution in [-0.4, -0.2) is 39.8 Å². The zero-order chi connectivity index (χ0) is 13.5. The summed E-state index contributed by atoms with van der Waals surface area (Å²) in [5.74, 6) is -1.18. The number of carboxylic acids is 1. The van der Waals surface area contributed by atoms with Gasteiger partial charge in [-0.2, -0.15) is 0 Å². The van der Waals surface area contributed by atoms with Gasteiger partial charge in [0.2, 0.25) is 0 Å². The van der Waals surface area contributed by atoms with Gasteiger partial charge in [-0.15, -0.1) is 11.3 Å². The Labute approximate surface area is 108 Å². The Hall–Kier alpha value is -1.67. The van der Waals surface area contributed by atoms with Gasteiger partial charge in [0.1, 0.15) is 6.04 Å². The lowest BCUT2D eigenvalue weighted by molar-refractivity contribution is -0.139. The average Bonchev–Trinajstić information content (AvgIpc) is 2.72. The molecule has 18 heavy (non-hydrogen) atoms. The maximum atomic E-state index is 11.4. The van der Waals surface area contributed by atoms with Crippen LogP contribution in [0.5, 0.6) is 0 Å². The molecule has 0 aliphatic carbocycles. The number of thiazole rings is 1. The van der Waals surface area contributed by atoms with E-state index in [1.54, 1.807) is 0 Å². The highest BCUT2D eigenvalue weighted by Gasteiger charge is 2.18. The number of urea groups is 1. The van der Waals surface area contributed by atoms with E-state index in [0.717, 1.165) is 10.7 Å². The molecule has 0 saturated heterocycles. The first-order valence-electron chi connectivity index (χ1n) is 5.32. The van der Waals surface area contributed by atoms with E-state index in [1.165, 1.54) is 11.3 Å². The first kappa shape index (κ1) is 14.4. The fourth-order valence-corrected chi connectivity index (χ4v) is 1.87. The second-order valence-electron chi connectivity index (χ2n) is 3.59. The summed E-state index contributed by atoms with van der Waals surface area (Å²) in [5, 5.41) is 24.9. The molecular weight excluding hydrogens is 258 g/mol. The Balaban J connectivity index is 2.38. The normalized spacial score (nSPS) is 11.9. The van der Waals surface area contributed by atoms with Crippen molar-refractivity contribution in [1.29, 1.82) is 0 Å². The fraction of sp³-hybridized carbons (Fsp3) is 0.500. The molecule has 1 atom stereocenters. The van der Waals surface area contributed by atoms with Crippen LogP contribution in [0.4, 0.5) is 4.79 Å². The molecule has 1 heterocycles. The first-order valence-corrected chi connectivity index (χ1v) is 6.20. The highest BCUT2D eigenvalue weighted by atomic mass is 32.1. The number of hydrogen-bond acceptors (Lipinski definition) is 5. The van der Waals surface area contributed by atoms with Crippen molar-refractivity contribution in [3.63, 3.8) is 0 Å². The van der Waals surface area contributed by atoms with Crippen LogP contribution < -0.4 is 10.6 Å². The van der Waals surface area contributed by atoms with Gasteiger partial charge >= 0.3 is 12.0 Å². The van der Waals surface area contributed by atoms with Crippen molar-refractivity contribution in [1.82, 2.24) is 15.6 Å². The lowest BCUT2D eigenvalue weighted by atomic mass is 10.2. The predicted octanol–water partition coefficient (Wildman–Crippen LogP) is 0.0863. The van der Waals surface area contributed by atoms with Crippen LogP contribution in [0.2, 0.25) is 0 Å². The number of aliphatic hydroxyl groups is 1. The molecule has 0 spiro atoms. The predicted molar refractivity (Wildman–Crippen MR) is 65.3 cm³/mol. The van der Waals surface area contributed by atoms with Gasteiger partial charge in [-0.25, -0.2) is 14.6 Å². The van der Waals surface area contributed by atoms with E-state index in [9.17, 15) is 9.59 Å². The van der Waals surface area contributed by atoms with Crippen molar-refractivity contribution in [2.45, 2.75) is 25.9 Å². The lowest BCUT2D eigenvalue weighted by Gasteiger charge is -2.13. The summed E-state index contributed by atoms with van der Waals surface area (Å²) in [7, 11) is 0. The quantitative estimate of drug-likeness (QED) is 0.587. The smallest absolute Gasteiger partial charge is 0.326 e. The second kappa shape index (κ2) is 6.92. The molecular formula is C10H15N3O4S. The number of aliphatic hydroxyl groups excluding tert-OH is 1. The Morgan fingerprint density at radius 2 is 2.28 bits per heavy atom. The van der Waals surface area contributed by atoms with Crippen LogP contribution in [0.3, 0.4) is 0 Å². The number of amides is 2. The fourth-order valence-electron chi connectivity index (χ4n) is 1.26. The van der Waals surface area contributed by atoms with E-state index in [1.807, 2.05) is 12.3 Å². The number of aromatic nitrogens is 1. The second-order valence-corrected chi connectivity index (χ2v) is 4.65. The van der Waals surface area contributed by atoms with Crippen molar-refractivity contribution in [2.75, 3.05) is 6.61 Å². The number of nitrogens with one attached hydrogen (secondary N) is 2. The van der Waals surface area contributed by atoms with Gasteiger partial charge in [-0.1, -0.05) is 0 Å². The van der Waals surface area contributed by atoms with Crippen molar-refractivity contribution < 1.29 is 19.8 Å². The van der Waals surface area contributed by atoms with Gasteiger partial charge in [-0.05, 0) is 6.92 Å². The average molecular weight is 273 g/mol. The molecule has 0 bridgehead atoms. The number of carboxylic acid groups (broad SMARTS) is 1. The Morgan fingerprint density at radius 3 is 2.78 bits per heavy atom. The highest BCUT2D eigenvalue weighted by molar-refractivity contribution is 7.09. The number of hydrogen-bond donors (Lipinski definition) is 4. The summed E-state index contributed by atoms with van der Waals surface area (Å²) in [4.78, 5) is 26.3. The van der Waals surface area contributed by atoms with Gasteiger partial charge in [0, 0.05) is 18.4 Å². The summed E-state index contributed by atoms with van der Waals surface area (Å²) < 4.78 is 0. The standard InChI is InChI=1S/C10H15N3O4S/c1-6-12-7(5-18-6)4-11-10(17)13-8(2-3-14)9(15)16/h5,8,14H,2-4H2,1H3,(H,15,16)(H2,11,13,17)/t8-/m1/s1. The maximum absolute atomic E-state index is 11.4. The van der Waals surface area contributed by atoms with Crippen molar-refractivity contribution in [2.24, 2.45) is 0 Å². The topological polar surface area (TPSA) is 112 Å². The summed E-state index contributed by atoms with van der Waals surface area (Å²) in [6.07, 6.45) is -0.0292. The Kier molecular flexibility index (Phi) is 5.53. The monoisotopic (exact) mass is 273 g/mol. The highest BCUT2D eigenvalue weighted by Crippen LogP contribution is 2.07. The minimum Gasteiger partial charge on any atom is -0.480 e. The molecule has 1 aromatic rings. The van der Waals surface area contributed by atoms with Gasteiger partial charge in [-0.3, -0.25) is 0 Å². The van der Waals surface area contributed by atoms with E-state index in [-0.39, 0.29) is 19.6 Å². The van der Waals surface area contributed by atoms with Crippen LogP contribution in [0.1, 0.15) is 17.1 Å². The summed E-state index contributed by atoms with van der Waals surface area (Å²) in [6, 6.07) is -1.69. The van der Waals surface area contributed by atoms with Crippen LogP contribution in [0, 0.1) is 6.92 Å². The van der Waals surface area contributed by atoms with E-state index in [0.29, 0.717) is 0 Å². The Morgan fingerprint density at radius 1 is 1.56 bits per heavy atom. The van der Waals surface area contributed by atoms with Crippen molar-refractivity contribution >= 4 is 23.3 Å². The van der Waals surface area contributed by atoms with E-state index < -0.39 is 18.0 Å². The van der Waals surface area contributed by atoms with Crippen LogP contribution in [-0.2, 0) is 11.3 Å². The third-order valence-corrected chi connectivity index (χ3v) is 2.94. The lowest BCUT2D eigenvalue weighted by Crippen LogP contribution is -2.46. The molecule has 1 rings (SSSR count). The van der Waals surface area contributed by atoms with Gasteiger partial charge in [0.25, 0.3) is 0 Å². The number of rotatable bonds is 6. The molecule has 0 aromatic carbocycles. The number of carbonyl (C=O) groups excluding carboxylic acids is 1. The van der Waals surface area contributed by atoms with Crippen molar-refractivity contribution in [3.8, 4) is 0 Å². The number of aliphatic carboxylic acids is 1. The first-order chi connectivity index (χ1) is 8.52. The van der Waals surface area contributed by atoms with Gasteiger partial charge < -0.3 is 20.8 Å². The molecule has 2 amide bonds. The molecule has 0 unspecified atom stereocenters. The number of carbonyl (C=O) groups is 2. The minimum atomic E-state index is -1.18. The molecule has 4 N–H and O–H groups in total. The minimum absolute atomic E-state index is 0.0292. The summed E-state index contributed by atoms with van der Waals surface area (Å²) in [5.41, 5.74) is 0.724. The molecule has 0 fully saturated rings. The Bertz CT molecular complexity index is 421. The molecule has 1 aromatic heterocycles. The molecule has 100 valence electrons. The van der Waals surface area contributed by atoms with Crippen molar-refractivity contribution in [3.05, 3.63) is 16.1 Å². The van der Waals surface area contributed by atoms with E-state index >= 15 is 0 Å². The van der Waals surface area contributed by atoms with Crippen LogP contribution in [0.25, 0.3) is 0 Å². The molecule has 0 saturated carbocycles. The van der Waals surface area contributed by atoms with Crippen LogP contribution >= 0.6 is 11.3 Å². The molecule has 0 aliphatic rings. The van der Waals surface area contributed by atoms with E-state index in [4.69, 9.17) is 10.2 Å². The molecule has 8 heteroatoms. The zero-order valence-electron chi connectivity index (χ0n) is 9.84. The van der Waals surface area contributed by atoms with Gasteiger partial charge in [0.05, 0.1) is 17.2 Å². The third kappa shape index (κ3) is 4.68. The number of nitrogens with zero attached hydrogens (tertiary/aromatic N) is 1. The molecule has 0 aliphatic heterocycles. The van der Waals surface area contributed by atoms with Crippen LogP contribution in [0.15, 0.2) is 5.38 Å². The molecule has 0 radical (unpaired) electrons. The number of aryl methyl sites for hydroxylation is 1. The van der Waals surface area contributed by atoms with E-state index in [2.05, 4.69) is 15.6 Å². The SMILES string of the molecule is Cc1nc(CNC(=O)N[C@H](CCO)C(=O)O)cs1. The largest absolute Gasteiger partial charge is 0.480 e. The summed E-state index contributed by atoms with van der Waals surface area (Å²) >= 11 is 1.47. The third-order valence-electron chi connectivity index (χ3n) is 2.12. The molecule has 7 nitrogen and oxygen atoms in total. The summed E-state index contributed by atoms with van der Waals surface area (Å²) in [6.45, 7) is 1.79. The van der Waals surface area contributed by atoms with Gasteiger partial charge in [0.15, 0.2) is 0 Å². The maximum Gasteiger partial charge on any atom is 0.326 e.